The Morgan fingerprint density at radius 3 is 1.05 bits per heavy atom. The van der Waals surface area contributed by atoms with Crippen molar-refractivity contribution >= 4 is 17.1 Å². The fourth-order valence-electron chi connectivity index (χ4n) is 8.72. The van der Waals surface area contributed by atoms with Gasteiger partial charge in [0.15, 0.2) is 0 Å². The van der Waals surface area contributed by atoms with Crippen molar-refractivity contribution in [1.82, 2.24) is 0 Å². The molecular weight excluding hydrogens is 699 g/mol. The van der Waals surface area contributed by atoms with Crippen LogP contribution in [-0.4, -0.2) is 0 Å². The second kappa shape index (κ2) is 14.7. The van der Waals surface area contributed by atoms with Gasteiger partial charge in [0.25, 0.3) is 0 Å². The van der Waals surface area contributed by atoms with Gasteiger partial charge in [-0.25, -0.2) is 0 Å². The molecule has 0 aromatic heterocycles. The zero-order chi connectivity index (χ0) is 39.1. The van der Waals surface area contributed by atoms with Crippen molar-refractivity contribution in [3.05, 3.63) is 236 Å². The standard InChI is InChI=1S/C57H43N/c1-57(2)55-38-49(45-23-21-43(22-24-45)40-13-6-3-7-14-40)29-35-53(55)54-36-34-52(39-56(54)57)58(50-30-25-44(26-31-50)41-15-8-4-9-16-41)51-32-27-46(28-33-51)48-20-12-19-47(37-48)42-17-10-5-11-18-42/h3-39H,1-2H3. The van der Waals surface area contributed by atoms with Gasteiger partial charge in [-0.2, -0.15) is 0 Å². The van der Waals surface area contributed by atoms with Crippen LogP contribution in [0.3, 0.4) is 0 Å². The Balaban J connectivity index is 1.01. The zero-order valence-corrected chi connectivity index (χ0v) is 32.8. The summed E-state index contributed by atoms with van der Waals surface area (Å²) in [5.41, 5.74) is 20.7. The van der Waals surface area contributed by atoms with E-state index in [1.54, 1.807) is 0 Å². The van der Waals surface area contributed by atoms with Gasteiger partial charge in [0, 0.05) is 22.5 Å². The molecule has 0 unspecified atom stereocenters. The van der Waals surface area contributed by atoms with E-state index in [2.05, 4.69) is 243 Å². The number of hydrogen-bond acceptors (Lipinski definition) is 1. The third kappa shape index (κ3) is 6.51. The Bertz CT molecular complexity index is 2850. The van der Waals surface area contributed by atoms with Crippen molar-refractivity contribution in [2.45, 2.75) is 19.3 Å². The largest absolute Gasteiger partial charge is 0.310 e. The fraction of sp³-hybridized carbons (Fsp3) is 0.0526. The van der Waals surface area contributed by atoms with E-state index in [0.717, 1.165) is 17.1 Å². The molecule has 10 rings (SSSR count). The SMILES string of the molecule is CC1(C)c2cc(-c3ccc(-c4ccccc4)cc3)ccc2-c2ccc(N(c3ccc(-c4ccccc4)cc3)c3ccc(-c4cccc(-c5ccccc5)c4)cc3)cc21. The molecule has 9 aromatic carbocycles. The van der Waals surface area contributed by atoms with Crippen LogP contribution in [0.1, 0.15) is 25.0 Å². The Morgan fingerprint density at radius 1 is 0.259 bits per heavy atom. The van der Waals surface area contributed by atoms with E-state index in [9.17, 15) is 0 Å². The third-order valence-corrected chi connectivity index (χ3v) is 11.9. The summed E-state index contributed by atoms with van der Waals surface area (Å²) in [4.78, 5) is 2.40. The van der Waals surface area contributed by atoms with Crippen molar-refractivity contribution < 1.29 is 0 Å². The van der Waals surface area contributed by atoms with E-state index in [1.807, 2.05) is 0 Å². The number of rotatable bonds is 8. The lowest BCUT2D eigenvalue weighted by atomic mass is 9.81. The highest BCUT2D eigenvalue weighted by Crippen LogP contribution is 2.52. The molecule has 0 saturated heterocycles. The molecule has 0 N–H and O–H groups in total. The van der Waals surface area contributed by atoms with E-state index in [-0.39, 0.29) is 5.41 Å². The van der Waals surface area contributed by atoms with Crippen LogP contribution in [0.25, 0.3) is 66.8 Å². The maximum absolute atomic E-state index is 2.42. The number of nitrogens with zero attached hydrogens (tertiary/aromatic N) is 1. The van der Waals surface area contributed by atoms with Crippen LogP contribution in [0.2, 0.25) is 0 Å². The molecule has 0 spiro atoms. The van der Waals surface area contributed by atoms with Crippen LogP contribution in [0.15, 0.2) is 224 Å². The van der Waals surface area contributed by atoms with Gasteiger partial charge < -0.3 is 4.90 Å². The fourth-order valence-corrected chi connectivity index (χ4v) is 8.72. The number of benzene rings is 9. The highest BCUT2D eigenvalue weighted by atomic mass is 15.1. The summed E-state index contributed by atoms with van der Waals surface area (Å²) >= 11 is 0. The first-order valence-corrected chi connectivity index (χ1v) is 20.2. The van der Waals surface area contributed by atoms with Crippen molar-refractivity contribution in [2.75, 3.05) is 4.90 Å². The van der Waals surface area contributed by atoms with Gasteiger partial charge >= 0.3 is 0 Å². The molecule has 1 aliphatic carbocycles. The molecule has 276 valence electrons. The van der Waals surface area contributed by atoms with Crippen molar-refractivity contribution in [1.29, 1.82) is 0 Å². The third-order valence-electron chi connectivity index (χ3n) is 11.9. The first kappa shape index (κ1) is 35.2. The molecular formula is C57H43N. The molecule has 0 saturated carbocycles. The van der Waals surface area contributed by atoms with E-state index in [0.29, 0.717) is 0 Å². The molecule has 1 nitrogen and oxygen atoms in total. The summed E-state index contributed by atoms with van der Waals surface area (Å²) in [5, 5.41) is 0. The number of fused-ring (bicyclic) bond motifs is 3. The summed E-state index contributed by atoms with van der Waals surface area (Å²) in [7, 11) is 0. The summed E-state index contributed by atoms with van der Waals surface area (Å²) < 4.78 is 0. The predicted molar refractivity (Wildman–Crippen MR) is 246 cm³/mol. The van der Waals surface area contributed by atoms with Crippen LogP contribution in [0.5, 0.6) is 0 Å². The minimum absolute atomic E-state index is 0.183. The molecule has 0 aliphatic heterocycles. The van der Waals surface area contributed by atoms with Gasteiger partial charge in [0.2, 0.25) is 0 Å². The minimum atomic E-state index is -0.183. The van der Waals surface area contributed by atoms with Gasteiger partial charge in [-0.3, -0.25) is 0 Å². The van der Waals surface area contributed by atoms with Gasteiger partial charge in [-0.05, 0) is 126 Å². The summed E-state index contributed by atoms with van der Waals surface area (Å²) in [6.45, 7) is 4.75. The average Bonchev–Trinajstić information content (AvgIpc) is 3.52. The van der Waals surface area contributed by atoms with Gasteiger partial charge in [-0.15, -0.1) is 0 Å². The highest BCUT2D eigenvalue weighted by molar-refractivity contribution is 5.88. The lowest BCUT2D eigenvalue weighted by Gasteiger charge is -2.28. The molecule has 0 fully saturated rings. The van der Waals surface area contributed by atoms with E-state index in [1.165, 1.54) is 77.9 Å². The van der Waals surface area contributed by atoms with E-state index >= 15 is 0 Å². The van der Waals surface area contributed by atoms with Gasteiger partial charge in [0.1, 0.15) is 0 Å². The lowest BCUT2D eigenvalue weighted by molar-refractivity contribution is 0.660. The smallest absolute Gasteiger partial charge is 0.0465 e. The Labute approximate surface area is 342 Å². The molecule has 0 bridgehead atoms. The van der Waals surface area contributed by atoms with Crippen LogP contribution in [0.4, 0.5) is 17.1 Å². The number of hydrogen-bond donors (Lipinski definition) is 0. The summed E-state index contributed by atoms with van der Waals surface area (Å²) in [6, 6.07) is 81.7. The minimum Gasteiger partial charge on any atom is -0.310 e. The maximum Gasteiger partial charge on any atom is 0.0465 e. The Morgan fingerprint density at radius 2 is 0.569 bits per heavy atom. The first-order valence-electron chi connectivity index (χ1n) is 20.2. The zero-order valence-electron chi connectivity index (χ0n) is 32.8. The van der Waals surface area contributed by atoms with Crippen LogP contribution >= 0.6 is 0 Å². The molecule has 1 heteroatoms. The van der Waals surface area contributed by atoms with Gasteiger partial charge in [0.05, 0.1) is 0 Å². The predicted octanol–water partition coefficient (Wildman–Crippen LogP) is 15.8. The normalized spacial score (nSPS) is 12.4. The topological polar surface area (TPSA) is 3.24 Å². The monoisotopic (exact) mass is 741 g/mol. The van der Waals surface area contributed by atoms with Crippen LogP contribution in [0, 0.1) is 0 Å². The quantitative estimate of drug-likeness (QED) is 0.150. The Kier molecular flexibility index (Phi) is 8.92. The molecule has 0 atom stereocenters. The molecule has 0 heterocycles. The Hall–Kier alpha value is -7.22. The van der Waals surface area contributed by atoms with Crippen molar-refractivity contribution in [2.24, 2.45) is 0 Å². The van der Waals surface area contributed by atoms with Crippen molar-refractivity contribution in [3.8, 4) is 66.8 Å². The van der Waals surface area contributed by atoms with Crippen LogP contribution < -0.4 is 4.90 Å². The summed E-state index contributed by atoms with van der Waals surface area (Å²) in [5.74, 6) is 0. The molecule has 58 heavy (non-hydrogen) atoms. The maximum atomic E-state index is 2.42. The molecule has 9 aromatic rings. The molecule has 0 amide bonds. The lowest BCUT2D eigenvalue weighted by Crippen LogP contribution is -2.16. The summed E-state index contributed by atoms with van der Waals surface area (Å²) in [6.07, 6.45) is 0. The highest BCUT2D eigenvalue weighted by Gasteiger charge is 2.36. The first-order chi connectivity index (χ1) is 28.5. The molecule has 0 radical (unpaired) electrons. The van der Waals surface area contributed by atoms with Crippen molar-refractivity contribution in [3.63, 3.8) is 0 Å². The second-order valence-corrected chi connectivity index (χ2v) is 15.8. The van der Waals surface area contributed by atoms with Gasteiger partial charge in [-0.1, -0.05) is 190 Å². The average molecular weight is 742 g/mol. The molecule has 1 aliphatic rings. The van der Waals surface area contributed by atoms with E-state index in [4.69, 9.17) is 0 Å². The van der Waals surface area contributed by atoms with Crippen LogP contribution in [-0.2, 0) is 5.41 Å². The number of anilines is 3. The van der Waals surface area contributed by atoms with E-state index < -0.39 is 0 Å². The second-order valence-electron chi connectivity index (χ2n) is 15.8.